The van der Waals surface area contributed by atoms with Crippen molar-refractivity contribution >= 4 is 23.2 Å². The van der Waals surface area contributed by atoms with Crippen LogP contribution in [0.15, 0.2) is 48.5 Å². The van der Waals surface area contributed by atoms with Crippen LogP contribution in [0.5, 0.6) is 0 Å². The number of anilines is 1. The normalized spacial score (nSPS) is 10.0. The van der Waals surface area contributed by atoms with Crippen LogP contribution >= 0.6 is 0 Å². The van der Waals surface area contributed by atoms with E-state index in [0.29, 0.717) is 5.69 Å². The van der Waals surface area contributed by atoms with E-state index < -0.39 is 16.6 Å². The number of carbonyl (C=O) groups excluding carboxylic acids is 2. The Balaban J connectivity index is 1.78. The van der Waals surface area contributed by atoms with Crippen LogP contribution in [0.1, 0.15) is 16.8 Å². The number of benzene rings is 2. The predicted molar refractivity (Wildman–Crippen MR) is 85.1 cm³/mol. The van der Waals surface area contributed by atoms with Crippen molar-refractivity contribution in [3.05, 3.63) is 70.0 Å². The van der Waals surface area contributed by atoms with Crippen molar-refractivity contribution in [3.8, 4) is 0 Å². The van der Waals surface area contributed by atoms with E-state index >= 15 is 0 Å². The van der Waals surface area contributed by atoms with Gasteiger partial charge >= 0.3 is 0 Å². The number of nitro groups is 1. The minimum absolute atomic E-state index is 0.0378. The standard InChI is InChI=1S/C16H14FN3O4/c17-12-3-5-13(6-4-12)19-15(21)9-10-18-16(22)11-1-7-14(8-2-11)20(23)24/h1-8H,9-10H2,(H,18,22)(H,19,21). The van der Waals surface area contributed by atoms with Gasteiger partial charge < -0.3 is 10.6 Å². The zero-order valence-electron chi connectivity index (χ0n) is 12.5. The van der Waals surface area contributed by atoms with E-state index in [0.717, 1.165) is 0 Å². The minimum atomic E-state index is -0.554. The molecule has 8 heteroatoms. The van der Waals surface area contributed by atoms with Gasteiger partial charge in [-0.2, -0.15) is 0 Å². The van der Waals surface area contributed by atoms with E-state index in [1.807, 2.05) is 0 Å². The molecule has 0 bridgehead atoms. The lowest BCUT2D eigenvalue weighted by Crippen LogP contribution is -2.27. The van der Waals surface area contributed by atoms with Gasteiger partial charge in [-0.05, 0) is 36.4 Å². The number of carbonyl (C=O) groups is 2. The molecule has 0 saturated carbocycles. The Hall–Kier alpha value is -3.29. The lowest BCUT2D eigenvalue weighted by molar-refractivity contribution is -0.384. The summed E-state index contributed by atoms with van der Waals surface area (Å²) in [4.78, 5) is 33.5. The molecule has 0 spiro atoms. The van der Waals surface area contributed by atoms with Crippen molar-refractivity contribution in [1.82, 2.24) is 5.32 Å². The molecule has 7 nitrogen and oxygen atoms in total. The maximum absolute atomic E-state index is 12.7. The SMILES string of the molecule is O=C(CCNC(=O)c1ccc([N+](=O)[O-])cc1)Nc1ccc(F)cc1. The second kappa shape index (κ2) is 7.82. The zero-order chi connectivity index (χ0) is 17.5. The Morgan fingerprint density at radius 1 is 1.04 bits per heavy atom. The smallest absolute Gasteiger partial charge is 0.269 e. The molecule has 0 unspecified atom stereocenters. The van der Waals surface area contributed by atoms with Crippen LogP contribution in [-0.4, -0.2) is 23.3 Å². The van der Waals surface area contributed by atoms with Crippen molar-refractivity contribution < 1.29 is 18.9 Å². The molecule has 0 aromatic heterocycles. The van der Waals surface area contributed by atoms with Crippen LogP contribution in [0.25, 0.3) is 0 Å². The highest BCUT2D eigenvalue weighted by molar-refractivity contribution is 5.95. The highest BCUT2D eigenvalue weighted by Gasteiger charge is 2.10. The molecule has 0 fully saturated rings. The number of nitrogens with zero attached hydrogens (tertiary/aromatic N) is 1. The highest BCUT2D eigenvalue weighted by Crippen LogP contribution is 2.12. The lowest BCUT2D eigenvalue weighted by Gasteiger charge is -2.07. The second-order valence-corrected chi connectivity index (χ2v) is 4.86. The molecule has 2 amide bonds. The molecule has 0 atom stereocenters. The first-order chi connectivity index (χ1) is 11.5. The molecule has 2 aromatic rings. The van der Waals surface area contributed by atoms with Crippen LogP contribution in [0.3, 0.4) is 0 Å². The lowest BCUT2D eigenvalue weighted by atomic mass is 10.2. The fourth-order valence-electron chi connectivity index (χ4n) is 1.88. The topological polar surface area (TPSA) is 101 Å². The van der Waals surface area contributed by atoms with Gasteiger partial charge in [0.25, 0.3) is 11.6 Å². The minimum Gasteiger partial charge on any atom is -0.352 e. The van der Waals surface area contributed by atoms with E-state index in [4.69, 9.17) is 0 Å². The number of amides is 2. The highest BCUT2D eigenvalue weighted by atomic mass is 19.1. The Morgan fingerprint density at radius 2 is 1.67 bits per heavy atom. The van der Waals surface area contributed by atoms with Crippen LogP contribution < -0.4 is 10.6 Å². The summed E-state index contributed by atoms with van der Waals surface area (Å²) in [5, 5.41) is 15.7. The molecule has 2 N–H and O–H groups in total. The van der Waals surface area contributed by atoms with Crippen LogP contribution in [0.2, 0.25) is 0 Å². The number of nitro benzene ring substituents is 1. The van der Waals surface area contributed by atoms with Crippen LogP contribution in [-0.2, 0) is 4.79 Å². The third kappa shape index (κ3) is 4.87. The fourth-order valence-corrected chi connectivity index (χ4v) is 1.88. The number of non-ortho nitro benzene ring substituents is 1. The van der Waals surface area contributed by atoms with Gasteiger partial charge in [-0.15, -0.1) is 0 Å². The van der Waals surface area contributed by atoms with Gasteiger partial charge in [-0.3, -0.25) is 19.7 Å². The van der Waals surface area contributed by atoms with E-state index in [-0.39, 0.29) is 30.1 Å². The molecule has 0 aliphatic rings. The number of nitrogens with one attached hydrogen (secondary N) is 2. The molecular weight excluding hydrogens is 317 g/mol. The van der Waals surface area contributed by atoms with E-state index in [1.165, 1.54) is 48.5 Å². The molecule has 0 aliphatic carbocycles. The average Bonchev–Trinajstić information content (AvgIpc) is 2.57. The molecule has 0 saturated heterocycles. The van der Waals surface area contributed by atoms with Crippen molar-refractivity contribution in [2.75, 3.05) is 11.9 Å². The quantitative estimate of drug-likeness (QED) is 0.627. The van der Waals surface area contributed by atoms with Gasteiger partial charge in [-0.1, -0.05) is 0 Å². The summed E-state index contributed by atoms with van der Waals surface area (Å²) in [7, 11) is 0. The van der Waals surface area contributed by atoms with Gasteiger partial charge in [0, 0.05) is 36.3 Å². The van der Waals surface area contributed by atoms with E-state index in [9.17, 15) is 24.1 Å². The van der Waals surface area contributed by atoms with Gasteiger partial charge in [-0.25, -0.2) is 4.39 Å². The molecular formula is C16H14FN3O4. The number of rotatable bonds is 6. The van der Waals surface area contributed by atoms with E-state index in [1.54, 1.807) is 0 Å². The van der Waals surface area contributed by atoms with Gasteiger partial charge in [0.05, 0.1) is 4.92 Å². The fraction of sp³-hybridized carbons (Fsp3) is 0.125. The predicted octanol–water partition coefficient (Wildman–Crippen LogP) is 2.49. The van der Waals surface area contributed by atoms with Crippen LogP contribution in [0.4, 0.5) is 15.8 Å². The van der Waals surface area contributed by atoms with Crippen molar-refractivity contribution in [2.45, 2.75) is 6.42 Å². The zero-order valence-corrected chi connectivity index (χ0v) is 12.5. The summed E-state index contributed by atoms with van der Waals surface area (Å²) in [6.45, 7) is 0.100. The monoisotopic (exact) mass is 331 g/mol. The maximum atomic E-state index is 12.7. The Labute approximate surface area is 136 Å². The summed E-state index contributed by atoms with van der Waals surface area (Å²) in [6, 6.07) is 10.5. The number of hydrogen-bond acceptors (Lipinski definition) is 4. The summed E-state index contributed by atoms with van der Waals surface area (Å²) in [6.07, 6.45) is 0.0378. The molecule has 0 radical (unpaired) electrons. The second-order valence-electron chi connectivity index (χ2n) is 4.86. The third-order valence-electron chi connectivity index (χ3n) is 3.11. The largest absolute Gasteiger partial charge is 0.352 e. The van der Waals surface area contributed by atoms with E-state index in [2.05, 4.69) is 10.6 Å². The Kier molecular flexibility index (Phi) is 5.56. The van der Waals surface area contributed by atoms with Gasteiger partial charge in [0.1, 0.15) is 5.82 Å². The van der Waals surface area contributed by atoms with Gasteiger partial charge in [0.15, 0.2) is 0 Å². The molecule has 0 aliphatic heterocycles. The maximum Gasteiger partial charge on any atom is 0.269 e. The van der Waals surface area contributed by atoms with Crippen molar-refractivity contribution in [1.29, 1.82) is 0 Å². The molecule has 2 aromatic carbocycles. The molecule has 124 valence electrons. The summed E-state index contributed by atoms with van der Waals surface area (Å²) in [5.41, 5.74) is 0.618. The molecule has 24 heavy (non-hydrogen) atoms. The van der Waals surface area contributed by atoms with Crippen molar-refractivity contribution in [3.63, 3.8) is 0 Å². The average molecular weight is 331 g/mol. The first-order valence-electron chi connectivity index (χ1n) is 7.04. The van der Waals surface area contributed by atoms with Crippen LogP contribution in [0, 0.1) is 15.9 Å². The Morgan fingerprint density at radius 3 is 2.25 bits per heavy atom. The summed E-state index contributed by atoms with van der Waals surface area (Å²) < 4.78 is 12.7. The molecule has 0 heterocycles. The number of hydrogen-bond donors (Lipinski definition) is 2. The summed E-state index contributed by atoms with van der Waals surface area (Å²) in [5.74, 6) is -1.16. The van der Waals surface area contributed by atoms with Crippen molar-refractivity contribution in [2.24, 2.45) is 0 Å². The van der Waals surface area contributed by atoms with Gasteiger partial charge in [0.2, 0.25) is 5.91 Å². The first-order valence-corrected chi connectivity index (χ1v) is 7.04. The number of halogens is 1. The Bertz CT molecular complexity index is 745. The molecule has 2 rings (SSSR count). The summed E-state index contributed by atoms with van der Waals surface area (Å²) >= 11 is 0. The third-order valence-corrected chi connectivity index (χ3v) is 3.11. The first kappa shape index (κ1) is 17.1.